The Morgan fingerprint density at radius 2 is 2.29 bits per heavy atom. The van der Waals surface area contributed by atoms with Crippen LogP contribution in [0.15, 0.2) is 12.1 Å². The predicted octanol–water partition coefficient (Wildman–Crippen LogP) is 2.24. The number of hydrogen-bond acceptors (Lipinski definition) is 3. The molecule has 3 nitrogen and oxygen atoms in total. The molecule has 0 aliphatic rings. The van der Waals surface area contributed by atoms with Crippen molar-refractivity contribution < 1.29 is 13.9 Å². The van der Waals surface area contributed by atoms with Crippen molar-refractivity contribution in [2.75, 3.05) is 12.3 Å². The van der Waals surface area contributed by atoms with Crippen LogP contribution in [0.25, 0.3) is 0 Å². The van der Waals surface area contributed by atoms with Gasteiger partial charge < -0.3 is 10.5 Å². The van der Waals surface area contributed by atoms with Gasteiger partial charge in [-0.25, -0.2) is 9.18 Å². The quantitative estimate of drug-likeness (QED) is 0.611. The minimum absolute atomic E-state index is 0.0188. The summed E-state index contributed by atoms with van der Waals surface area (Å²) < 4.78 is 17.5. The molecule has 0 bridgehead atoms. The highest BCUT2D eigenvalue weighted by atomic mass is 35.5. The Morgan fingerprint density at radius 1 is 1.64 bits per heavy atom. The van der Waals surface area contributed by atoms with E-state index in [4.69, 9.17) is 22.1 Å². The highest BCUT2D eigenvalue weighted by Crippen LogP contribution is 2.22. The number of hydrogen-bond donors (Lipinski definition) is 1. The fraction of sp³-hybridized carbons (Fsp3) is 0.222. The SMILES string of the molecule is CCOC(=O)c1cc(Cl)c(F)cc1N. The molecular formula is C9H9ClFNO2. The lowest BCUT2D eigenvalue weighted by Gasteiger charge is -2.05. The van der Waals surface area contributed by atoms with E-state index in [1.807, 2.05) is 0 Å². The average molecular weight is 218 g/mol. The molecule has 0 aliphatic carbocycles. The number of rotatable bonds is 2. The Balaban J connectivity index is 3.09. The first-order chi connectivity index (χ1) is 6.56. The predicted molar refractivity (Wildman–Crippen MR) is 51.8 cm³/mol. The van der Waals surface area contributed by atoms with E-state index in [2.05, 4.69) is 0 Å². The molecule has 0 fully saturated rings. The zero-order valence-corrected chi connectivity index (χ0v) is 8.27. The van der Waals surface area contributed by atoms with Gasteiger partial charge in [-0.15, -0.1) is 0 Å². The molecule has 1 rings (SSSR count). The van der Waals surface area contributed by atoms with Crippen molar-refractivity contribution in [1.29, 1.82) is 0 Å². The van der Waals surface area contributed by atoms with Crippen LogP contribution in [0, 0.1) is 5.82 Å². The number of benzene rings is 1. The van der Waals surface area contributed by atoms with Crippen molar-refractivity contribution in [2.45, 2.75) is 6.92 Å². The van der Waals surface area contributed by atoms with Gasteiger partial charge >= 0.3 is 5.97 Å². The Labute approximate surface area is 85.6 Å². The second kappa shape index (κ2) is 4.28. The third kappa shape index (κ3) is 2.14. The van der Waals surface area contributed by atoms with E-state index in [9.17, 15) is 9.18 Å². The summed E-state index contributed by atoms with van der Waals surface area (Å²) in [5.74, 6) is -1.26. The number of ether oxygens (including phenoxy) is 1. The van der Waals surface area contributed by atoms with E-state index in [1.165, 1.54) is 0 Å². The molecule has 0 radical (unpaired) electrons. The third-order valence-electron chi connectivity index (χ3n) is 1.59. The number of carbonyl (C=O) groups is 1. The Morgan fingerprint density at radius 3 is 2.86 bits per heavy atom. The van der Waals surface area contributed by atoms with Crippen LogP contribution in [0.5, 0.6) is 0 Å². The molecule has 0 aliphatic heterocycles. The number of anilines is 1. The van der Waals surface area contributed by atoms with Crippen molar-refractivity contribution >= 4 is 23.3 Å². The van der Waals surface area contributed by atoms with Gasteiger partial charge in [-0.3, -0.25) is 0 Å². The van der Waals surface area contributed by atoms with Crippen molar-refractivity contribution in [3.8, 4) is 0 Å². The molecule has 0 unspecified atom stereocenters. The molecule has 0 saturated heterocycles. The zero-order chi connectivity index (χ0) is 10.7. The molecule has 5 heteroatoms. The molecule has 0 atom stereocenters. The van der Waals surface area contributed by atoms with Crippen LogP contribution < -0.4 is 5.73 Å². The molecule has 0 saturated carbocycles. The van der Waals surface area contributed by atoms with Crippen molar-refractivity contribution in [3.63, 3.8) is 0 Å². The van der Waals surface area contributed by atoms with Gasteiger partial charge in [-0.1, -0.05) is 11.6 Å². The van der Waals surface area contributed by atoms with Gasteiger partial charge in [0.05, 0.1) is 17.2 Å². The summed E-state index contributed by atoms with van der Waals surface area (Å²) in [5, 5.41) is -0.151. The Hall–Kier alpha value is -1.29. The van der Waals surface area contributed by atoms with Crippen molar-refractivity contribution in [2.24, 2.45) is 0 Å². The van der Waals surface area contributed by atoms with Gasteiger partial charge in [0, 0.05) is 5.69 Å². The summed E-state index contributed by atoms with van der Waals surface area (Å²) in [5.41, 5.74) is 5.52. The van der Waals surface area contributed by atoms with E-state index >= 15 is 0 Å². The van der Waals surface area contributed by atoms with Gasteiger partial charge in [0.25, 0.3) is 0 Å². The topological polar surface area (TPSA) is 52.3 Å². The van der Waals surface area contributed by atoms with Gasteiger partial charge in [0.15, 0.2) is 0 Å². The molecule has 1 aromatic carbocycles. The van der Waals surface area contributed by atoms with E-state index in [1.54, 1.807) is 6.92 Å². The molecule has 76 valence electrons. The number of nitrogen functional groups attached to an aromatic ring is 1. The summed E-state index contributed by atoms with van der Waals surface area (Å²) in [6.07, 6.45) is 0. The lowest BCUT2D eigenvalue weighted by molar-refractivity contribution is 0.0527. The van der Waals surface area contributed by atoms with Gasteiger partial charge in [0.2, 0.25) is 0 Å². The maximum Gasteiger partial charge on any atom is 0.340 e. The van der Waals surface area contributed by atoms with Crippen LogP contribution in [0.1, 0.15) is 17.3 Å². The number of esters is 1. The summed E-state index contributed by atoms with van der Waals surface area (Å²) in [6, 6.07) is 2.15. The first-order valence-corrected chi connectivity index (χ1v) is 4.35. The number of nitrogens with two attached hydrogens (primary N) is 1. The van der Waals surface area contributed by atoms with Crippen molar-refractivity contribution in [1.82, 2.24) is 0 Å². The largest absolute Gasteiger partial charge is 0.462 e. The first-order valence-electron chi connectivity index (χ1n) is 3.98. The fourth-order valence-electron chi connectivity index (χ4n) is 0.948. The highest BCUT2D eigenvalue weighted by Gasteiger charge is 2.13. The average Bonchev–Trinajstić information content (AvgIpc) is 2.11. The standard InChI is InChI=1S/C9H9ClFNO2/c1-2-14-9(13)5-3-6(10)7(11)4-8(5)12/h3-4H,2,12H2,1H3. The molecule has 0 spiro atoms. The van der Waals surface area contributed by atoms with Crippen LogP contribution in [-0.4, -0.2) is 12.6 Å². The van der Waals surface area contributed by atoms with Crippen LogP contribution >= 0.6 is 11.6 Å². The summed E-state index contributed by atoms with van der Waals surface area (Å²) in [4.78, 5) is 11.2. The molecule has 0 aromatic heterocycles. The van der Waals surface area contributed by atoms with E-state index in [-0.39, 0.29) is 22.9 Å². The fourth-order valence-corrected chi connectivity index (χ4v) is 1.11. The Kier molecular flexibility index (Phi) is 3.30. The lowest BCUT2D eigenvalue weighted by Crippen LogP contribution is -2.08. The molecule has 2 N–H and O–H groups in total. The minimum Gasteiger partial charge on any atom is -0.462 e. The van der Waals surface area contributed by atoms with Gasteiger partial charge in [-0.2, -0.15) is 0 Å². The van der Waals surface area contributed by atoms with Gasteiger partial charge in [-0.05, 0) is 19.1 Å². The van der Waals surface area contributed by atoms with E-state index < -0.39 is 11.8 Å². The maximum atomic E-state index is 12.8. The van der Waals surface area contributed by atoms with Crippen molar-refractivity contribution in [3.05, 3.63) is 28.5 Å². The van der Waals surface area contributed by atoms with Crippen LogP contribution in [-0.2, 0) is 4.74 Å². The second-order valence-electron chi connectivity index (χ2n) is 2.57. The molecular weight excluding hydrogens is 209 g/mol. The molecule has 14 heavy (non-hydrogen) atoms. The molecule has 0 heterocycles. The van der Waals surface area contributed by atoms with Crippen LogP contribution in [0.2, 0.25) is 5.02 Å². The van der Waals surface area contributed by atoms with E-state index in [0.29, 0.717) is 0 Å². The lowest BCUT2D eigenvalue weighted by atomic mass is 10.2. The Bertz CT molecular complexity index is 368. The zero-order valence-electron chi connectivity index (χ0n) is 7.51. The monoisotopic (exact) mass is 217 g/mol. The second-order valence-corrected chi connectivity index (χ2v) is 2.98. The van der Waals surface area contributed by atoms with Crippen LogP contribution in [0.3, 0.4) is 0 Å². The summed E-state index contributed by atoms with van der Waals surface area (Å²) >= 11 is 5.49. The normalized spacial score (nSPS) is 9.93. The first kappa shape index (κ1) is 10.8. The van der Waals surface area contributed by atoms with Crippen LogP contribution in [0.4, 0.5) is 10.1 Å². The number of halogens is 2. The smallest absolute Gasteiger partial charge is 0.340 e. The summed E-state index contributed by atoms with van der Waals surface area (Å²) in [7, 11) is 0. The summed E-state index contributed by atoms with van der Waals surface area (Å²) in [6.45, 7) is 1.90. The van der Waals surface area contributed by atoms with Gasteiger partial charge in [0.1, 0.15) is 5.82 Å². The minimum atomic E-state index is -0.655. The molecule has 1 aromatic rings. The third-order valence-corrected chi connectivity index (χ3v) is 1.88. The molecule has 0 amide bonds. The maximum absolute atomic E-state index is 12.8. The highest BCUT2D eigenvalue weighted by molar-refractivity contribution is 6.31. The number of carbonyl (C=O) groups excluding carboxylic acids is 1. The van der Waals surface area contributed by atoms with E-state index in [0.717, 1.165) is 12.1 Å².